The standard InChI is InChI=1S/C22H25N3O3/c1-5-19(27-18-11-9-15(2)10-12-18)22(26)25(4)14-20-23-21(24-28-20)17-8-6-7-16(3)13-17/h6-13,19H,5,14H2,1-4H3/t19-/m0/s1. The molecule has 3 rings (SSSR count). The third-order valence-corrected chi connectivity index (χ3v) is 4.44. The van der Waals surface area contributed by atoms with Crippen molar-refractivity contribution >= 4 is 5.91 Å². The molecule has 6 nitrogen and oxygen atoms in total. The summed E-state index contributed by atoms with van der Waals surface area (Å²) in [6, 6.07) is 15.5. The Balaban J connectivity index is 1.65. The zero-order valence-electron chi connectivity index (χ0n) is 16.7. The summed E-state index contributed by atoms with van der Waals surface area (Å²) < 4.78 is 11.2. The number of amides is 1. The maximum absolute atomic E-state index is 12.8. The van der Waals surface area contributed by atoms with Crippen LogP contribution in [0.25, 0.3) is 11.4 Å². The van der Waals surface area contributed by atoms with Gasteiger partial charge in [-0.05, 0) is 38.5 Å². The molecule has 28 heavy (non-hydrogen) atoms. The lowest BCUT2D eigenvalue weighted by Crippen LogP contribution is -2.39. The highest BCUT2D eigenvalue weighted by Gasteiger charge is 2.24. The molecule has 2 aromatic carbocycles. The fourth-order valence-electron chi connectivity index (χ4n) is 2.84. The maximum Gasteiger partial charge on any atom is 0.263 e. The molecule has 0 bridgehead atoms. The first-order valence-electron chi connectivity index (χ1n) is 9.34. The number of aromatic nitrogens is 2. The quantitative estimate of drug-likeness (QED) is 0.616. The van der Waals surface area contributed by atoms with Crippen LogP contribution in [-0.4, -0.2) is 34.1 Å². The van der Waals surface area contributed by atoms with Gasteiger partial charge in [0.25, 0.3) is 5.91 Å². The van der Waals surface area contributed by atoms with E-state index in [4.69, 9.17) is 9.26 Å². The molecule has 146 valence electrons. The molecular weight excluding hydrogens is 354 g/mol. The van der Waals surface area contributed by atoms with E-state index in [0.29, 0.717) is 23.9 Å². The molecule has 0 spiro atoms. The zero-order chi connectivity index (χ0) is 20.1. The van der Waals surface area contributed by atoms with Crippen LogP contribution in [0.5, 0.6) is 5.75 Å². The SMILES string of the molecule is CC[C@H](Oc1ccc(C)cc1)C(=O)N(C)Cc1nc(-c2cccc(C)c2)no1. The summed E-state index contributed by atoms with van der Waals surface area (Å²) in [5, 5.41) is 4.03. The molecule has 0 unspecified atom stereocenters. The molecule has 0 aliphatic rings. The van der Waals surface area contributed by atoms with Crippen molar-refractivity contribution in [3.63, 3.8) is 0 Å². The third kappa shape index (κ3) is 4.76. The van der Waals surface area contributed by atoms with E-state index in [0.717, 1.165) is 16.7 Å². The van der Waals surface area contributed by atoms with Gasteiger partial charge in [-0.1, -0.05) is 53.5 Å². The second-order valence-corrected chi connectivity index (χ2v) is 6.90. The highest BCUT2D eigenvalue weighted by Crippen LogP contribution is 2.19. The van der Waals surface area contributed by atoms with E-state index in [1.165, 1.54) is 0 Å². The molecule has 0 saturated heterocycles. The molecule has 1 amide bonds. The number of nitrogens with zero attached hydrogens (tertiary/aromatic N) is 3. The number of rotatable bonds is 7. The first-order chi connectivity index (χ1) is 13.5. The molecule has 0 saturated carbocycles. The average molecular weight is 379 g/mol. The zero-order valence-corrected chi connectivity index (χ0v) is 16.7. The molecule has 1 aromatic heterocycles. The van der Waals surface area contributed by atoms with E-state index in [1.54, 1.807) is 11.9 Å². The lowest BCUT2D eigenvalue weighted by Gasteiger charge is -2.22. The lowest BCUT2D eigenvalue weighted by molar-refractivity contribution is -0.138. The Bertz CT molecular complexity index is 934. The van der Waals surface area contributed by atoms with Crippen LogP contribution in [0.15, 0.2) is 53.1 Å². The topological polar surface area (TPSA) is 68.5 Å². The van der Waals surface area contributed by atoms with Crippen LogP contribution in [0.4, 0.5) is 0 Å². The van der Waals surface area contributed by atoms with Gasteiger partial charge in [-0.3, -0.25) is 4.79 Å². The normalized spacial score (nSPS) is 11.9. The predicted octanol–water partition coefficient (Wildman–Crippen LogP) is 4.17. The minimum atomic E-state index is -0.563. The Kier molecular flexibility index (Phi) is 6.09. The van der Waals surface area contributed by atoms with Gasteiger partial charge in [-0.15, -0.1) is 0 Å². The highest BCUT2D eigenvalue weighted by atomic mass is 16.5. The number of carbonyl (C=O) groups excluding carboxylic acids is 1. The van der Waals surface area contributed by atoms with Crippen molar-refractivity contribution in [2.24, 2.45) is 0 Å². The molecule has 1 atom stereocenters. The van der Waals surface area contributed by atoms with E-state index in [-0.39, 0.29) is 12.5 Å². The first kappa shape index (κ1) is 19.6. The van der Waals surface area contributed by atoms with E-state index in [1.807, 2.05) is 69.3 Å². The smallest absolute Gasteiger partial charge is 0.263 e. The molecule has 0 aliphatic carbocycles. The van der Waals surface area contributed by atoms with Crippen LogP contribution < -0.4 is 4.74 Å². The van der Waals surface area contributed by atoms with Gasteiger partial charge in [-0.25, -0.2) is 0 Å². The van der Waals surface area contributed by atoms with Crippen LogP contribution >= 0.6 is 0 Å². The number of aryl methyl sites for hydroxylation is 2. The van der Waals surface area contributed by atoms with Gasteiger partial charge < -0.3 is 14.2 Å². The molecule has 3 aromatic rings. The number of ether oxygens (including phenoxy) is 1. The highest BCUT2D eigenvalue weighted by molar-refractivity contribution is 5.80. The monoisotopic (exact) mass is 379 g/mol. The molecule has 0 N–H and O–H groups in total. The largest absolute Gasteiger partial charge is 0.481 e. The minimum absolute atomic E-state index is 0.126. The summed E-state index contributed by atoms with van der Waals surface area (Å²) in [5.74, 6) is 1.46. The fraction of sp³-hybridized carbons (Fsp3) is 0.318. The second kappa shape index (κ2) is 8.69. The summed E-state index contributed by atoms with van der Waals surface area (Å²) >= 11 is 0. The van der Waals surface area contributed by atoms with E-state index in [9.17, 15) is 4.79 Å². The average Bonchev–Trinajstić information content (AvgIpc) is 3.15. The predicted molar refractivity (Wildman–Crippen MR) is 107 cm³/mol. The van der Waals surface area contributed by atoms with Crippen molar-refractivity contribution < 1.29 is 14.1 Å². The number of likely N-dealkylation sites (N-methyl/N-ethyl adjacent to an activating group) is 1. The van der Waals surface area contributed by atoms with Gasteiger partial charge >= 0.3 is 0 Å². The van der Waals surface area contributed by atoms with Gasteiger partial charge in [0.1, 0.15) is 5.75 Å². The Morgan fingerprint density at radius 3 is 2.57 bits per heavy atom. The van der Waals surface area contributed by atoms with Crippen LogP contribution in [-0.2, 0) is 11.3 Å². The molecular formula is C22H25N3O3. The number of benzene rings is 2. The molecule has 0 aliphatic heterocycles. The van der Waals surface area contributed by atoms with Crippen LogP contribution in [0, 0.1) is 13.8 Å². The molecule has 0 radical (unpaired) electrons. The van der Waals surface area contributed by atoms with Crippen molar-refractivity contribution in [2.75, 3.05) is 7.05 Å². The van der Waals surface area contributed by atoms with Crippen molar-refractivity contribution in [1.82, 2.24) is 15.0 Å². The van der Waals surface area contributed by atoms with Crippen LogP contribution in [0.3, 0.4) is 0 Å². The minimum Gasteiger partial charge on any atom is -0.481 e. The number of carbonyl (C=O) groups is 1. The summed E-state index contributed by atoms with van der Waals surface area (Å²) in [4.78, 5) is 18.7. The number of hydrogen-bond acceptors (Lipinski definition) is 5. The molecule has 6 heteroatoms. The van der Waals surface area contributed by atoms with E-state index in [2.05, 4.69) is 10.1 Å². The van der Waals surface area contributed by atoms with E-state index >= 15 is 0 Å². The molecule has 0 fully saturated rings. The van der Waals surface area contributed by atoms with Gasteiger partial charge in [-0.2, -0.15) is 4.98 Å². The third-order valence-electron chi connectivity index (χ3n) is 4.44. The molecule has 1 heterocycles. The summed E-state index contributed by atoms with van der Waals surface area (Å²) in [7, 11) is 1.71. The van der Waals surface area contributed by atoms with Gasteiger partial charge in [0, 0.05) is 12.6 Å². The second-order valence-electron chi connectivity index (χ2n) is 6.90. The summed E-state index contributed by atoms with van der Waals surface area (Å²) in [6.45, 7) is 6.17. The maximum atomic E-state index is 12.8. The first-order valence-corrected chi connectivity index (χ1v) is 9.34. The lowest BCUT2D eigenvalue weighted by atomic mass is 10.1. The summed E-state index contributed by atoms with van der Waals surface area (Å²) in [5.41, 5.74) is 3.15. The van der Waals surface area contributed by atoms with E-state index < -0.39 is 6.10 Å². The Labute approximate surface area is 165 Å². The van der Waals surface area contributed by atoms with Crippen LogP contribution in [0.1, 0.15) is 30.4 Å². The van der Waals surface area contributed by atoms with Crippen molar-refractivity contribution in [3.8, 4) is 17.1 Å². The van der Waals surface area contributed by atoms with Crippen molar-refractivity contribution in [3.05, 3.63) is 65.5 Å². The van der Waals surface area contributed by atoms with Crippen molar-refractivity contribution in [1.29, 1.82) is 0 Å². The Hall–Kier alpha value is -3.15. The fourth-order valence-corrected chi connectivity index (χ4v) is 2.84. The summed E-state index contributed by atoms with van der Waals surface area (Å²) in [6.07, 6.45) is 0.00182. The van der Waals surface area contributed by atoms with Crippen LogP contribution in [0.2, 0.25) is 0 Å². The Morgan fingerprint density at radius 1 is 1.14 bits per heavy atom. The van der Waals surface area contributed by atoms with Crippen molar-refractivity contribution in [2.45, 2.75) is 39.8 Å². The van der Waals surface area contributed by atoms with Gasteiger partial charge in [0.15, 0.2) is 6.10 Å². The number of hydrogen-bond donors (Lipinski definition) is 0. The van der Waals surface area contributed by atoms with Gasteiger partial charge in [0.05, 0.1) is 6.54 Å². The Morgan fingerprint density at radius 2 is 1.89 bits per heavy atom. The van der Waals surface area contributed by atoms with Gasteiger partial charge in [0.2, 0.25) is 11.7 Å².